The first-order valence-electron chi connectivity index (χ1n) is 15.6. The van der Waals surface area contributed by atoms with Gasteiger partial charge in [0.2, 0.25) is 23.6 Å². The number of hydrogen-bond donors (Lipinski definition) is 4. The number of hydrogen-bond acceptors (Lipinski definition) is 8. The molecule has 13 heteroatoms. The van der Waals surface area contributed by atoms with Crippen LogP contribution in [0.15, 0.2) is 28.8 Å². The summed E-state index contributed by atoms with van der Waals surface area (Å²) < 4.78 is 10.9. The van der Waals surface area contributed by atoms with Crippen LogP contribution in [0.4, 0.5) is 0 Å². The van der Waals surface area contributed by atoms with Crippen molar-refractivity contribution in [3.63, 3.8) is 0 Å². The van der Waals surface area contributed by atoms with E-state index in [0.717, 1.165) is 22.6 Å². The van der Waals surface area contributed by atoms with Crippen LogP contribution in [0.25, 0.3) is 0 Å². The predicted octanol–water partition coefficient (Wildman–Crippen LogP) is 1.10. The number of nitrogens with one attached hydrogen (secondary N) is 4. The van der Waals surface area contributed by atoms with Gasteiger partial charge in [-0.15, -0.1) is 0 Å². The van der Waals surface area contributed by atoms with Gasteiger partial charge in [-0.05, 0) is 70.1 Å². The number of aromatic nitrogens is 1. The van der Waals surface area contributed by atoms with Gasteiger partial charge in [0.25, 0.3) is 5.91 Å². The molecule has 0 unspecified atom stereocenters. The number of ether oxygens (including phenoxy) is 1. The molecule has 244 valence electrons. The summed E-state index contributed by atoms with van der Waals surface area (Å²) in [6.07, 6.45) is 2.56. The molecule has 2 bridgehead atoms. The Labute approximate surface area is 263 Å². The van der Waals surface area contributed by atoms with Gasteiger partial charge in [-0.25, -0.2) is 0 Å². The fourth-order valence-electron chi connectivity index (χ4n) is 5.66. The van der Waals surface area contributed by atoms with Crippen LogP contribution in [0, 0.1) is 19.8 Å². The molecule has 3 aliphatic rings. The molecule has 2 aromatic rings. The van der Waals surface area contributed by atoms with E-state index in [1.807, 2.05) is 27.7 Å². The Morgan fingerprint density at radius 2 is 1.80 bits per heavy atom. The highest BCUT2D eigenvalue weighted by molar-refractivity contribution is 5.96. The van der Waals surface area contributed by atoms with Crippen molar-refractivity contribution in [1.82, 2.24) is 31.3 Å². The number of benzene rings is 1. The molecule has 0 radical (unpaired) electrons. The molecular weight excluding hydrogens is 580 g/mol. The molecule has 1 aromatic carbocycles. The summed E-state index contributed by atoms with van der Waals surface area (Å²) >= 11 is 0. The van der Waals surface area contributed by atoms with Gasteiger partial charge in [-0.3, -0.25) is 24.0 Å². The zero-order chi connectivity index (χ0) is 32.7. The van der Waals surface area contributed by atoms with E-state index >= 15 is 0 Å². The van der Waals surface area contributed by atoms with E-state index in [9.17, 15) is 24.0 Å². The molecule has 1 fully saturated rings. The number of rotatable bonds is 6. The van der Waals surface area contributed by atoms with Gasteiger partial charge in [0.05, 0.1) is 5.69 Å². The van der Waals surface area contributed by atoms with Crippen LogP contribution in [0.2, 0.25) is 0 Å². The standard InChI is InChI=1S/C32H44N6O7/c1-18(2)28-32(43)38-15-7-9-26(38)31(42)34-20(4)29(40)35-25(16-22-10-12-23(13-11-22)44-17-27(39)36-28)30(41)33-14-6-8-24-19(3)37-45-21(24)5/h10-13,18,20,25-26,28H,6-9,14-17H2,1-5H3,(H,33,41)(H,34,42)(H,35,40)(H,36,39)/t20-,25-,26+,28-/m0/s1. The number of carbonyl (C=O) groups excluding carboxylic acids is 5. The average Bonchev–Trinajstić information content (AvgIpc) is 3.62. The molecule has 1 aromatic heterocycles. The second-order valence-corrected chi connectivity index (χ2v) is 12.1. The normalized spacial score (nSPS) is 23.3. The maximum Gasteiger partial charge on any atom is 0.258 e. The fraction of sp³-hybridized carbons (Fsp3) is 0.562. The van der Waals surface area contributed by atoms with E-state index in [2.05, 4.69) is 26.4 Å². The fourth-order valence-corrected chi connectivity index (χ4v) is 5.66. The van der Waals surface area contributed by atoms with Crippen LogP contribution < -0.4 is 26.0 Å². The van der Waals surface area contributed by atoms with E-state index in [4.69, 9.17) is 9.26 Å². The number of nitrogens with zero attached hydrogens (tertiary/aromatic N) is 2. The van der Waals surface area contributed by atoms with Crippen LogP contribution in [0.5, 0.6) is 5.75 Å². The summed E-state index contributed by atoms with van der Waals surface area (Å²) in [6.45, 7) is 9.34. The third-order valence-electron chi connectivity index (χ3n) is 8.29. The molecule has 4 heterocycles. The van der Waals surface area contributed by atoms with Gasteiger partial charge < -0.3 is 35.4 Å². The lowest BCUT2D eigenvalue weighted by atomic mass is 10.0. The van der Waals surface area contributed by atoms with Gasteiger partial charge in [-0.1, -0.05) is 31.1 Å². The largest absolute Gasteiger partial charge is 0.484 e. The summed E-state index contributed by atoms with van der Waals surface area (Å²) in [5.41, 5.74) is 2.58. The highest BCUT2D eigenvalue weighted by Gasteiger charge is 2.39. The number of amides is 5. The third-order valence-corrected chi connectivity index (χ3v) is 8.29. The highest BCUT2D eigenvalue weighted by Crippen LogP contribution is 2.21. The van der Waals surface area contributed by atoms with Gasteiger partial charge in [0.15, 0.2) is 6.61 Å². The molecule has 4 N–H and O–H groups in total. The zero-order valence-corrected chi connectivity index (χ0v) is 26.6. The van der Waals surface area contributed by atoms with Crippen LogP contribution in [0.1, 0.15) is 62.6 Å². The topological polar surface area (TPSA) is 172 Å². The van der Waals surface area contributed by atoms with Crippen molar-refractivity contribution in [3.05, 3.63) is 46.8 Å². The quantitative estimate of drug-likeness (QED) is 0.346. The number of aryl methyl sites for hydroxylation is 2. The van der Waals surface area contributed by atoms with Crippen LogP contribution in [-0.4, -0.2) is 83.5 Å². The molecular formula is C32H44N6O7. The Balaban J connectivity index is 1.51. The Morgan fingerprint density at radius 3 is 2.47 bits per heavy atom. The summed E-state index contributed by atoms with van der Waals surface area (Å²) in [7, 11) is 0. The SMILES string of the molecule is Cc1noc(C)c1CCCNC(=O)[C@@H]1Cc2ccc(cc2)OCC(=O)N[C@@H](C(C)C)C(=O)N2CCC[C@@H]2C(=O)N[C@@H](C)C(=O)N1. The number of carbonyl (C=O) groups is 5. The molecule has 13 nitrogen and oxygen atoms in total. The Bertz CT molecular complexity index is 1370. The molecule has 5 amide bonds. The smallest absolute Gasteiger partial charge is 0.258 e. The molecule has 0 spiro atoms. The van der Waals surface area contributed by atoms with Crippen LogP contribution >= 0.6 is 0 Å². The van der Waals surface area contributed by atoms with E-state index in [0.29, 0.717) is 44.5 Å². The minimum Gasteiger partial charge on any atom is -0.484 e. The van der Waals surface area contributed by atoms with Crippen molar-refractivity contribution in [2.45, 2.75) is 90.9 Å². The van der Waals surface area contributed by atoms with Crippen LogP contribution in [0.3, 0.4) is 0 Å². The molecule has 45 heavy (non-hydrogen) atoms. The summed E-state index contributed by atoms with van der Waals surface area (Å²) in [6, 6.07) is 3.35. The molecule has 1 saturated heterocycles. The minimum atomic E-state index is -0.969. The molecule has 5 rings (SSSR count). The summed E-state index contributed by atoms with van der Waals surface area (Å²) in [4.78, 5) is 67.7. The second kappa shape index (κ2) is 15.0. The van der Waals surface area contributed by atoms with Crippen molar-refractivity contribution < 1.29 is 33.2 Å². The molecule has 3 aliphatic heterocycles. The van der Waals surface area contributed by atoms with E-state index in [-0.39, 0.29) is 30.8 Å². The van der Waals surface area contributed by atoms with Gasteiger partial charge >= 0.3 is 0 Å². The van der Waals surface area contributed by atoms with Crippen molar-refractivity contribution in [2.24, 2.45) is 5.92 Å². The average molecular weight is 625 g/mol. The summed E-state index contributed by atoms with van der Waals surface area (Å²) in [5.74, 6) is -1.22. The Morgan fingerprint density at radius 1 is 1.07 bits per heavy atom. The van der Waals surface area contributed by atoms with Crippen molar-refractivity contribution >= 4 is 29.5 Å². The Kier molecular flexibility index (Phi) is 11.2. The first-order chi connectivity index (χ1) is 21.4. The lowest BCUT2D eigenvalue weighted by Crippen LogP contribution is -2.58. The van der Waals surface area contributed by atoms with Gasteiger partial charge in [0, 0.05) is 25.1 Å². The monoisotopic (exact) mass is 624 g/mol. The van der Waals surface area contributed by atoms with Crippen LogP contribution in [-0.2, 0) is 36.8 Å². The van der Waals surface area contributed by atoms with E-state index in [1.54, 1.807) is 31.2 Å². The van der Waals surface area contributed by atoms with Gasteiger partial charge in [-0.2, -0.15) is 0 Å². The van der Waals surface area contributed by atoms with Crippen molar-refractivity contribution in [3.8, 4) is 5.75 Å². The second-order valence-electron chi connectivity index (χ2n) is 12.1. The van der Waals surface area contributed by atoms with Crippen molar-refractivity contribution in [1.29, 1.82) is 0 Å². The lowest BCUT2D eigenvalue weighted by molar-refractivity contribution is -0.143. The van der Waals surface area contributed by atoms with E-state index < -0.39 is 41.9 Å². The molecule has 0 aliphatic carbocycles. The van der Waals surface area contributed by atoms with Gasteiger partial charge in [0.1, 0.15) is 35.7 Å². The van der Waals surface area contributed by atoms with E-state index in [1.165, 1.54) is 4.90 Å². The first kappa shape index (κ1) is 33.5. The third kappa shape index (κ3) is 8.61. The molecule has 0 saturated carbocycles. The zero-order valence-electron chi connectivity index (χ0n) is 26.6. The minimum absolute atomic E-state index is 0.184. The van der Waals surface area contributed by atoms with Crippen molar-refractivity contribution in [2.75, 3.05) is 19.7 Å². The molecule has 4 atom stereocenters. The maximum absolute atomic E-state index is 13.5. The lowest BCUT2D eigenvalue weighted by Gasteiger charge is -2.31. The number of fused-ring (bicyclic) bond motifs is 13. The first-order valence-corrected chi connectivity index (χ1v) is 15.6. The summed E-state index contributed by atoms with van der Waals surface area (Å²) in [5, 5.41) is 15.2. The Hall–Kier alpha value is -4.42. The predicted molar refractivity (Wildman–Crippen MR) is 164 cm³/mol. The maximum atomic E-state index is 13.5. The highest BCUT2D eigenvalue weighted by atomic mass is 16.5.